The van der Waals surface area contributed by atoms with Crippen molar-refractivity contribution in [1.29, 1.82) is 0 Å². The van der Waals surface area contributed by atoms with Crippen molar-refractivity contribution >= 4 is 27.8 Å². The van der Waals surface area contributed by atoms with Crippen LogP contribution in [-0.2, 0) is 25.4 Å². The summed E-state index contributed by atoms with van der Waals surface area (Å²) in [5.74, 6) is 0.0501. The van der Waals surface area contributed by atoms with Gasteiger partial charge in [0.15, 0.2) is 0 Å². The second kappa shape index (κ2) is 17.9. The summed E-state index contributed by atoms with van der Waals surface area (Å²) in [6.45, 7) is 2.35. The van der Waals surface area contributed by atoms with Gasteiger partial charge >= 0.3 is 5.97 Å². The van der Waals surface area contributed by atoms with Crippen molar-refractivity contribution in [3.8, 4) is 28.4 Å². The highest BCUT2D eigenvalue weighted by Crippen LogP contribution is 2.33. The van der Waals surface area contributed by atoms with Crippen LogP contribution in [0.2, 0.25) is 0 Å². The molecule has 1 amide bonds. The second-order valence-corrected chi connectivity index (χ2v) is 10.8. The zero-order valence-electron chi connectivity index (χ0n) is 24.9. The van der Waals surface area contributed by atoms with E-state index in [-0.39, 0.29) is 18.6 Å². The van der Waals surface area contributed by atoms with E-state index in [1.165, 1.54) is 0 Å². The number of methoxy groups -OCH3 is 1. The number of carbonyl (C=O) groups excluding carboxylic acids is 1. The molecule has 0 bridgehead atoms. The molecule has 0 aliphatic heterocycles. The number of carboxylic acids is 1. The number of carbonyl (C=O) groups is 2. The first-order valence-corrected chi connectivity index (χ1v) is 15.3. The van der Waals surface area contributed by atoms with Crippen LogP contribution in [0, 0.1) is 0 Å². The molecule has 0 fully saturated rings. The highest BCUT2D eigenvalue weighted by atomic mass is 79.9. The van der Waals surface area contributed by atoms with Crippen molar-refractivity contribution < 1.29 is 38.4 Å². The monoisotopic (exact) mass is 677 g/mol. The largest absolute Gasteiger partial charge is 0.490 e. The number of aliphatic carboxylic acids is 1. The van der Waals surface area contributed by atoms with Crippen LogP contribution >= 0.6 is 15.9 Å². The van der Waals surface area contributed by atoms with Gasteiger partial charge in [0.1, 0.15) is 29.9 Å². The number of carboxylic acid groups (broad SMARTS) is 1. The van der Waals surface area contributed by atoms with Gasteiger partial charge in [-0.25, -0.2) is 4.79 Å². The first-order chi connectivity index (χ1) is 21.9. The number of ether oxygens (including phenoxy) is 5. The van der Waals surface area contributed by atoms with Gasteiger partial charge in [-0.1, -0.05) is 76.6 Å². The van der Waals surface area contributed by atoms with Crippen molar-refractivity contribution in [2.24, 2.45) is 0 Å². The Labute approximate surface area is 271 Å². The number of hydrogen-bond donors (Lipinski definition) is 2. The smallest absolute Gasteiger partial charge is 0.326 e. The van der Waals surface area contributed by atoms with E-state index in [9.17, 15) is 14.7 Å². The third-order valence-electron chi connectivity index (χ3n) is 6.64. The molecule has 0 saturated heterocycles. The topological polar surface area (TPSA) is 113 Å². The lowest BCUT2D eigenvalue weighted by molar-refractivity contribution is -0.139. The van der Waals surface area contributed by atoms with Crippen LogP contribution in [0.25, 0.3) is 11.1 Å². The molecule has 4 aromatic carbocycles. The average Bonchev–Trinajstić information content (AvgIpc) is 3.05. The number of nitrogens with one attached hydrogen (secondary N) is 1. The SMILES string of the molecule is COCCOCCOCCOc1ccc(Br)cc1C(=O)N[C@@H](Cc1ccc(-c2ccccc2Oc2ccccc2)cc1)C(=O)O. The zero-order chi connectivity index (χ0) is 31.9. The number of rotatable bonds is 18. The first-order valence-electron chi connectivity index (χ1n) is 14.5. The second-order valence-electron chi connectivity index (χ2n) is 9.88. The number of amides is 1. The van der Waals surface area contributed by atoms with Gasteiger partial charge < -0.3 is 34.1 Å². The lowest BCUT2D eigenvalue weighted by Gasteiger charge is -2.17. The summed E-state index contributed by atoms with van der Waals surface area (Å²) in [5.41, 5.74) is 2.78. The number of halogens is 1. The standard InChI is InChI=1S/C35H36BrNO8/c1-41-17-18-42-19-20-43-21-22-44-32-16-15-27(36)24-30(32)34(38)37-31(35(39)40)23-25-11-13-26(14-12-25)29-9-5-6-10-33(29)45-28-7-3-2-4-8-28/h2-16,24,31H,17-23H2,1H3,(H,37,38)(H,39,40)/t31-/m0/s1. The van der Waals surface area contributed by atoms with Crippen molar-refractivity contribution in [2.75, 3.05) is 46.8 Å². The molecule has 1 atom stereocenters. The van der Waals surface area contributed by atoms with Crippen LogP contribution in [0.1, 0.15) is 15.9 Å². The Balaban J connectivity index is 1.36. The van der Waals surface area contributed by atoms with Crippen molar-refractivity contribution in [2.45, 2.75) is 12.5 Å². The number of para-hydroxylation sites is 2. The predicted octanol–water partition coefficient (Wildman–Crippen LogP) is 6.39. The summed E-state index contributed by atoms with van der Waals surface area (Å²) in [7, 11) is 1.61. The summed E-state index contributed by atoms with van der Waals surface area (Å²) in [4.78, 5) is 25.4. The number of benzene rings is 4. The van der Waals surface area contributed by atoms with Crippen molar-refractivity contribution in [3.05, 3.63) is 113 Å². The van der Waals surface area contributed by atoms with Crippen LogP contribution in [-0.4, -0.2) is 69.8 Å². The van der Waals surface area contributed by atoms with Crippen LogP contribution < -0.4 is 14.8 Å². The fourth-order valence-electron chi connectivity index (χ4n) is 4.38. The molecule has 236 valence electrons. The predicted molar refractivity (Wildman–Crippen MR) is 174 cm³/mol. The molecule has 9 nitrogen and oxygen atoms in total. The van der Waals surface area contributed by atoms with E-state index >= 15 is 0 Å². The molecule has 10 heteroatoms. The Morgan fingerprint density at radius 3 is 2.16 bits per heavy atom. The molecular formula is C35H36BrNO8. The Kier molecular flexibility index (Phi) is 13.4. The fourth-order valence-corrected chi connectivity index (χ4v) is 4.74. The van der Waals surface area contributed by atoms with Crippen LogP contribution in [0.3, 0.4) is 0 Å². The summed E-state index contributed by atoms with van der Waals surface area (Å²) in [6.07, 6.45) is 0.0913. The molecule has 2 N–H and O–H groups in total. The Bertz CT molecular complexity index is 1510. The molecule has 0 aromatic heterocycles. The van der Waals surface area contributed by atoms with E-state index in [1.54, 1.807) is 25.3 Å². The molecule has 0 unspecified atom stereocenters. The normalized spacial score (nSPS) is 11.5. The van der Waals surface area contributed by atoms with Gasteiger partial charge in [0.05, 0.1) is 38.6 Å². The summed E-state index contributed by atoms with van der Waals surface area (Å²) in [6, 6.07) is 28.6. The molecule has 4 aromatic rings. The first kappa shape index (κ1) is 33.7. The fraction of sp³-hybridized carbons (Fsp3) is 0.257. The van der Waals surface area contributed by atoms with Crippen LogP contribution in [0.4, 0.5) is 0 Å². The quantitative estimate of drug-likeness (QED) is 0.117. The molecule has 4 rings (SSSR count). The van der Waals surface area contributed by atoms with Crippen LogP contribution in [0.15, 0.2) is 102 Å². The van der Waals surface area contributed by atoms with Gasteiger partial charge in [0.25, 0.3) is 5.91 Å². The minimum Gasteiger partial charge on any atom is -0.490 e. The molecule has 0 spiro atoms. The lowest BCUT2D eigenvalue weighted by Crippen LogP contribution is -2.42. The minimum absolute atomic E-state index is 0.0913. The maximum absolute atomic E-state index is 13.3. The third-order valence-corrected chi connectivity index (χ3v) is 7.13. The van der Waals surface area contributed by atoms with Crippen molar-refractivity contribution in [3.63, 3.8) is 0 Å². The lowest BCUT2D eigenvalue weighted by atomic mass is 9.99. The van der Waals surface area contributed by atoms with E-state index in [0.29, 0.717) is 49.0 Å². The van der Waals surface area contributed by atoms with E-state index in [4.69, 9.17) is 23.7 Å². The van der Waals surface area contributed by atoms with E-state index in [0.717, 1.165) is 22.4 Å². The zero-order valence-corrected chi connectivity index (χ0v) is 26.5. The Hall–Kier alpha value is -4.22. The van der Waals surface area contributed by atoms with Gasteiger partial charge in [-0.2, -0.15) is 0 Å². The molecule has 0 radical (unpaired) electrons. The van der Waals surface area contributed by atoms with E-state index in [2.05, 4.69) is 21.2 Å². The minimum atomic E-state index is -1.16. The highest BCUT2D eigenvalue weighted by molar-refractivity contribution is 9.10. The van der Waals surface area contributed by atoms with E-state index < -0.39 is 17.9 Å². The molecule has 45 heavy (non-hydrogen) atoms. The van der Waals surface area contributed by atoms with Crippen molar-refractivity contribution in [1.82, 2.24) is 5.32 Å². The average molecular weight is 679 g/mol. The van der Waals surface area contributed by atoms with E-state index in [1.807, 2.05) is 78.9 Å². The molecule has 0 heterocycles. The maximum Gasteiger partial charge on any atom is 0.326 e. The third kappa shape index (κ3) is 10.7. The molecule has 0 saturated carbocycles. The number of hydrogen-bond acceptors (Lipinski definition) is 7. The molecular weight excluding hydrogens is 642 g/mol. The van der Waals surface area contributed by atoms with Gasteiger partial charge in [0.2, 0.25) is 0 Å². The Morgan fingerprint density at radius 2 is 1.44 bits per heavy atom. The maximum atomic E-state index is 13.3. The highest BCUT2D eigenvalue weighted by Gasteiger charge is 2.23. The van der Waals surface area contributed by atoms with Gasteiger partial charge in [-0.05, 0) is 47.5 Å². The van der Waals surface area contributed by atoms with Crippen LogP contribution in [0.5, 0.6) is 17.2 Å². The van der Waals surface area contributed by atoms with Gasteiger partial charge in [-0.15, -0.1) is 0 Å². The van der Waals surface area contributed by atoms with Gasteiger partial charge in [-0.3, -0.25) is 4.79 Å². The Morgan fingerprint density at radius 1 is 0.778 bits per heavy atom. The molecule has 0 aliphatic carbocycles. The summed E-state index contributed by atoms with van der Waals surface area (Å²) in [5, 5.41) is 12.6. The summed E-state index contributed by atoms with van der Waals surface area (Å²) < 4.78 is 28.3. The van der Waals surface area contributed by atoms with Gasteiger partial charge in [0, 0.05) is 23.6 Å². The molecule has 0 aliphatic rings. The summed E-state index contributed by atoms with van der Waals surface area (Å²) >= 11 is 3.38.